The third-order valence-corrected chi connectivity index (χ3v) is 11.3. The maximum absolute atomic E-state index is 12.1. The second kappa shape index (κ2) is 17.4. The van der Waals surface area contributed by atoms with Gasteiger partial charge in [-0.2, -0.15) is 4.31 Å². The summed E-state index contributed by atoms with van der Waals surface area (Å²) in [6.07, 6.45) is 15.8. The summed E-state index contributed by atoms with van der Waals surface area (Å²) in [4.78, 5) is 27.7. The van der Waals surface area contributed by atoms with Crippen molar-refractivity contribution in [2.45, 2.75) is 139 Å². The molecule has 0 aliphatic heterocycles. The van der Waals surface area contributed by atoms with Gasteiger partial charge in [-0.05, 0) is 59.7 Å². The van der Waals surface area contributed by atoms with Crippen LogP contribution in [0.5, 0.6) is 0 Å². The van der Waals surface area contributed by atoms with Gasteiger partial charge in [0.2, 0.25) is 0 Å². The van der Waals surface area contributed by atoms with Crippen molar-refractivity contribution >= 4 is 15.6 Å². The van der Waals surface area contributed by atoms with Crippen molar-refractivity contribution in [2.75, 3.05) is 6.61 Å². The van der Waals surface area contributed by atoms with E-state index in [1.54, 1.807) is 0 Å². The quantitative estimate of drug-likeness (QED) is 0.101. The Morgan fingerprint density at radius 2 is 1.10 bits per heavy atom. The normalized spacial score (nSPS) is 25.6. The molecular weight excluding hydrogens is 534 g/mol. The van der Waals surface area contributed by atoms with Crippen molar-refractivity contribution in [1.29, 1.82) is 0 Å². The van der Waals surface area contributed by atoms with E-state index in [-0.39, 0.29) is 17.9 Å². The van der Waals surface area contributed by atoms with Crippen LogP contribution in [0.3, 0.4) is 0 Å². The summed E-state index contributed by atoms with van der Waals surface area (Å²) in [5.74, 6) is 4.00. The average Bonchev–Trinajstić information content (AvgIpc) is 3.31. The highest BCUT2D eigenvalue weighted by Crippen LogP contribution is 2.66. The van der Waals surface area contributed by atoms with E-state index in [2.05, 4.69) is 59.7 Å². The summed E-state index contributed by atoms with van der Waals surface area (Å²) in [5, 5.41) is 0. The molecule has 0 saturated heterocycles. The van der Waals surface area contributed by atoms with E-state index in [1.165, 1.54) is 64.2 Å². The van der Waals surface area contributed by atoms with Gasteiger partial charge in [-0.25, -0.2) is 9.13 Å². The molecule has 39 heavy (non-hydrogen) atoms. The molecule has 0 aromatic rings. The monoisotopic (exact) mass is 596 g/mol. The smallest absolute Gasteiger partial charge is 0.302 e. The Kier molecular flexibility index (Phi) is 16.6. The number of hydrogen-bond acceptors (Lipinski definition) is 4. The Morgan fingerprint density at radius 1 is 0.667 bits per heavy atom. The zero-order chi connectivity index (χ0) is 29.9. The molecule has 234 valence electrons. The topological polar surface area (TPSA) is 113 Å². The maximum atomic E-state index is 12.1. The zero-order valence-corrected chi connectivity index (χ0v) is 28.1. The summed E-state index contributed by atoms with van der Waals surface area (Å²) < 4.78 is 32.3. The zero-order valence-electron chi connectivity index (χ0n) is 26.3. The van der Waals surface area contributed by atoms with Crippen LogP contribution in [0.1, 0.15) is 139 Å². The molecule has 0 amide bonds. The molecule has 1 rings (SSSR count). The first kappa shape index (κ1) is 37.3. The second-order valence-corrected chi connectivity index (χ2v) is 16.9. The summed E-state index contributed by atoms with van der Waals surface area (Å²) in [5.41, 5.74) is 0.0121. The van der Waals surface area contributed by atoms with Gasteiger partial charge in [-0.3, -0.25) is 4.52 Å². The largest absolute Gasteiger partial charge is 0.481 e. The summed E-state index contributed by atoms with van der Waals surface area (Å²) >= 11 is 0. The van der Waals surface area contributed by atoms with Crippen LogP contribution in [-0.2, 0) is 18.0 Å². The third kappa shape index (κ3) is 16.5. The van der Waals surface area contributed by atoms with Crippen molar-refractivity contribution in [2.24, 2.45) is 46.8 Å². The fraction of sp³-hybridized carbons (Fsp3) is 1.00. The molecule has 4 unspecified atom stereocenters. The molecule has 1 saturated carbocycles. The van der Waals surface area contributed by atoms with Gasteiger partial charge in [0.25, 0.3) is 0 Å². The molecule has 0 bridgehead atoms. The minimum atomic E-state index is -5.11. The van der Waals surface area contributed by atoms with E-state index in [9.17, 15) is 14.0 Å². The van der Waals surface area contributed by atoms with Crippen molar-refractivity contribution in [3.63, 3.8) is 0 Å². The van der Waals surface area contributed by atoms with E-state index in [4.69, 9.17) is 14.3 Å². The first-order valence-corrected chi connectivity index (χ1v) is 18.7. The number of hydrogen-bond donors (Lipinski definition) is 3. The number of phosphoric acid groups is 2. The van der Waals surface area contributed by atoms with Gasteiger partial charge in [-0.15, -0.1) is 0 Å². The van der Waals surface area contributed by atoms with Gasteiger partial charge >= 0.3 is 15.6 Å². The molecule has 0 aromatic carbocycles. The Hall–Kier alpha value is 0.260. The van der Waals surface area contributed by atoms with Crippen LogP contribution >= 0.6 is 15.6 Å². The van der Waals surface area contributed by atoms with Crippen LogP contribution in [0.25, 0.3) is 0 Å². The lowest BCUT2D eigenvalue weighted by atomic mass is 9.88. The molecule has 0 spiro atoms. The first-order chi connectivity index (χ1) is 17.9. The van der Waals surface area contributed by atoms with Gasteiger partial charge in [0.15, 0.2) is 0 Å². The van der Waals surface area contributed by atoms with E-state index in [0.717, 1.165) is 37.0 Å². The van der Waals surface area contributed by atoms with Crippen LogP contribution in [-0.4, -0.2) is 21.3 Å². The predicted molar refractivity (Wildman–Crippen MR) is 161 cm³/mol. The minimum Gasteiger partial charge on any atom is -0.302 e. The van der Waals surface area contributed by atoms with E-state index < -0.39 is 15.6 Å². The fourth-order valence-electron chi connectivity index (χ4n) is 6.44. The SMILES string of the molecule is CC(C)CCCC(C)CCCC(C)C[C@@H]1[C@@H](COP(=O)(O)OP(=O)(O)O)[C@]1(C)CCCC(C)CCCC(C)C. The van der Waals surface area contributed by atoms with E-state index >= 15 is 0 Å². The predicted octanol–water partition coefficient (Wildman–Crippen LogP) is 9.76. The summed E-state index contributed by atoms with van der Waals surface area (Å²) in [6.45, 7) is 18.4. The second-order valence-electron chi connectivity index (χ2n) is 14.1. The highest BCUT2D eigenvalue weighted by Gasteiger charge is 2.60. The molecule has 7 nitrogen and oxygen atoms in total. The average molecular weight is 597 g/mol. The highest BCUT2D eigenvalue weighted by atomic mass is 31.3. The van der Waals surface area contributed by atoms with Crippen molar-refractivity contribution in [3.8, 4) is 0 Å². The van der Waals surface area contributed by atoms with Crippen molar-refractivity contribution in [3.05, 3.63) is 0 Å². The molecule has 1 aliphatic rings. The van der Waals surface area contributed by atoms with Crippen molar-refractivity contribution < 1.29 is 32.6 Å². The molecule has 0 heterocycles. The van der Waals surface area contributed by atoms with Gasteiger partial charge in [0.1, 0.15) is 0 Å². The van der Waals surface area contributed by atoms with E-state index in [0.29, 0.717) is 17.8 Å². The highest BCUT2D eigenvalue weighted by molar-refractivity contribution is 7.60. The minimum absolute atomic E-state index is 0.0121. The summed E-state index contributed by atoms with van der Waals surface area (Å²) in [6, 6.07) is 0. The first-order valence-electron chi connectivity index (χ1n) is 15.7. The third-order valence-electron chi connectivity index (χ3n) is 9.12. The number of phosphoric ester groups is 1. The molecule has 0 aromatic heterocycles. The molecule has 3 N–H and O–H groups in total. The van der Waals surface area contributed by atoms with Crippen LogP contribution in [0.15, 0.2) is 0 Å². The standard InChI is InChI=1S/C30H62O7P2/c1-23(2)13-9-15-25(5)17-11-18-27(7)21-28-29(22-36-39(34,35)37-38(31,32)33)30(28,8)20-12-19-26(6)16-10-14-24(3)4/h23-29H,9-22H2,1-8H3,(H,34,35)(H2,31,32,33)/t25?,26?,27?,28-,29-,30-/m1/s1. The van der Waals surface area contributed by atoms with Gasteiger partial charge < -0.3 is 14.7 Å². The van der Waals surface area contributed by atoms with Crippen LogP contribution < -0.4 is 0 Å². The molecule has 1 fully saturated rings. The fourth-order valence-corrected chi connectivity index (χ4v) is 8.06. The molecule has 1 aliphatic carbocycles. The number of rotatable bonds is 23. The van der Waals surface area contributed by atoms with Gasteiger partial charge in [0, 0.05) is 0 Å². The molecular formula is C30H62O7P2. The maximum Gasteiger partial charge on any atom is 0.481 e. The van der Waals surface area contributed by atoms with Gasteiger partial charge in [0.05, 0.1) is 6.61 Å². The Bertz CT molecular complexity index is 768. The summed E-state index contributed by atoms with van der Waals surface area (Å²) in [7, 11) is -9.93. The lowest BCUT2D eigenvalue weighted by molar-refractivity contribution is 0.165. The molecule has 9 heteroatoms. The Labute approximate surface area is 240 Å². The van der Waals surface area contributed by atoms with E-state index in [1.807, 2.05) is 0 Å². The Morgan fingerprint density at radius 3 is 1.56 bits per heavy atom. The van der Waals surface area contributed by atoms with Crippen LogP contribution in [0, 0.1) is 46.8 Å². The lowest BCUT2D eigenvalue weighted by Crippen LogP contribution is -2.06. The van der Waals surface area contributed by atoms with Crippen molar-refractivity contribution in [1.82, 2.24) is 0 Å². The molecule has 0 radical (unpaired) electrons. The van der Waals surface area contributed by atoms with Crippen LogP contribution in [0.2, 0.25) is 0 Å². The van der Waals surface area contributed by atoms with Gasteiger partial charge in [-0.1, -0.05) is 126 Å². The van der Waals surface area contributed by atoms with Crippen LogP contribution in [0.4, 0.5) is 0 Å². The Balaban J connectivity index is 2.61. The molecule has 7 atom stereocenters. The lowest BCUT2D eigenvalue weighted by Gasteiger charge is -2.18.